The molecule has 0 aliphatic rings. The van der Waals surface area contributed by atoms with Crippen molar-refractivity contribution in [2.75, 3.05) is 6.61 Å². The van der Waals surface area contributed by atoms with Crippen LogP contribution < -0.4 is 11.5 Å². The molecule has 3 atom stereocenters. The number of rotatable bonds is 4. The van der Waals surface area contributed by atoms with Gasteiger partial charge < -0.3 is 16.6 Å². The Morgan fingerprint density at radius 3 is 1.62 bits per heavy atom. The zero-order chi connectivity index (χ0) is 12.3. The van der Waals surface area contributed by atoms with E-state index in [0.29, 0.717) is 0 Å². The van der Waals surface area contributed by atoms with Gasteiger partial charge in [0.2, 0.25) is 0 Å². The molecular weight excluding hydrogens is 200 g/mol. The van der Waals surface area contributed by atoms with Crippen LogP contribution in [0.1, 0.15) is 55.5 Å². The Hall–Kier alpha value is -0.900. The molecule has 0 fully saturated rings. The Balaban J connectivity index is 3.18. The Bertz CT molecular complexity index is 322. The molecule has 0 aliphatic carbocycles. The highest BCUT2D eigenvalue weighted by Gasteiger charge is 2.11. The number of benzene rings is 1. The lowest BCUT2D eigenvalue weighted by Gasteiger charge is -2.17. The average Bonchev–Trinajstić information content (AvgIpc) is 2.27. The molecule has 16 heavy (non-hydrogen) atoms. The van der Waals surface area contributed by atoms with E-state index in [4.69, 9.17) is 11.5 Å². The van der Waals surface area contributed by atoms with Gasteiger partial charge in [-0.15, -0.1) is 0 Å². The van der Waals surface area contributed by atoms with E-state index in [1.165, 1.54) is 0 Å². The van der Waals surface area contributed by atoms with Crippen LogP contribution in [0.4, 0.5) is 0 Å². The van der Waals surface area contributed by atoms with Crippen molar-refractivity contribution in [1.82, 2.24) is 0 Å². The van der Waals surface area contributed by atoms with E-state index in [2.05, 4.69) is 12.1 Å². The summed E-state index contributed by atoms with van der Waals surface area (Å²) >= 11 is 0. The smallest absolute Gasteiger partial charge is 0.0497 e. The van der Waals surface area contributed by atoms with Gasteiger partial charge in [0, 0.05) is 24.6 Å². The first-order valence-electron chi connectivity index (χ1n) is 5.72. The first-order valence-corrected chi connectivity index (χ1v) is 5.72. The monoisotopic (exact) mass is 222 g/mol. The van der Waals surface area contributed by atoms with Crippen molar-refractivity contribution in [1.29, 1.82) is 0 Å². The van der Waals surface area contributed by atoms with Crippen LogP contribution in [-0.2, 0) is 0 Å². The molecule has 0 bridgehead atoms. The fraction of sp³-hybridized carbons (Fsp3) is 0.538. The third kappa shape index (κ3) is 3.04. The molecule has 1 rings (SSSR count). The highest BCUT2D eigenvalue weighted by Crippen LogP contribution is 2.24. The SMILES string of the molecule is CC(N)c1cc(C(C)N)cc(C(C)CO)c1. The summed E-state index contributed by atoms with van der Waals surface area (Å²) in [6.45, 7) is 6.04. The highest BCUT2D eigenvalue weighted by atomic mass is 16.3. The van der Waals surface area contributed by atoms with Crippen molar-refractivity contribution >= 4 is 0 Å². The van der Waals surface area contributed by atoms with Crippen molar-refractivity contribution in [3.8, 4) is 0 Å². The summed E-state index contributed by atoms with van der Waals surface area (Å²) in [5.74, 6) is 0.121. The van der Waals surface area contributed by atoms with Crippen LogP contribution in [0.2, 0.25) is 0 Å². The molecule has 0 aromatic heterocycles. The van der Waals surface area contributed by atoms with Crippen molar-refractivity contribution in [2.45, 2.75) is 38.8 Å². The van der Waals surface area contributed by atoms with Gasteiger partial charge in [-0.2, -0.15) is 0 Å². The average molecular weight is 222 g/mol. The predicted molar refractivity (Wildman–Crippen MR) is 67.1 cm³/mol. The Morgan fingerprint density at radius 1 is 0.938 bits per heavy atom. The summed E-state index contributed by atoms with van der Waals surface area (Å²) in [4.78, 5) is 0. The fourth-order valence-electron chi connectivity index (χ4n) is 1.62. The second-order valence-electron chi connectivity index (χ2n) is 4.59. The molecule has 3 heteroatoms. The van der Waals surface area contributed by atoms with Crippen molar-refractivity contribution in [3.63, 3.8) is 0 Å². The molecule has 0 saturated heterocycles. The van der Waals surface area contributed by atoms with Gasteiger partial charge in [0.1, 0.15) is 0 Å². The minimum Gasteiger partial charge on any atom is -0.396 e. The summed E-state index contributed by atoms with van der Waals surface area (Å²) in [5, 5.41) is 9.18. The number of nitrogens with two attached hydrogens (primary N) is 2. The van der Waals surface area contributed by atoms with Crippen LogP contribution in [0.15, 0.2) is 18.2 Å². The first-order chi connectivity index (χ1) is 7.45. The molecule has 1 aromatic carbocycles. The summed E-state index contributed by atoms with van der Waals surface area (Å²) in [6, 6.07) is 6.13. The van der Waals surface area contributed by atoms with E-state index >= 15 is 0 Å². The summed E-state index contributed by atoms with van der Waals surface area (Å²) in [5.41, 5.74) is 15.0. The van der Waals surface area contributed by atoms with Crippen LogP contribution in [-0.4, -0.2) is 11.7 Å². The molecule has 5 N–H and O–H groups in total. The molecule has 90 valence electrons. The third-order valence-corrected chi connectivity index (χ3v) is 2.89. The number of hydrogen-bond donors (Lipinski definition) is 3. The van der Waals surface area contributed by atoms with E-state index in [-0.39, 0.29) is 24.6 Å². The van der Waals surface area contributed by atoms with E-state index in [1.807, 2.05) is 26.8 Å². The van der Waals surface area contributed by atoms with E-state index in [0.717, 1.165) is 16.7 Å². The molecule has 0 amide bonds. The maximum atomic E-state index is 9.18. The normalized spacial score (nSPS) is 16.9. The summed E-state index contributed by atoms with van der Waals surface area (Å²) in [7, 11) is 0. The van der Waals surface area contributed by atoms with Gasteiger partial charge in [-0.05, 0) is 30.5 Å². The summed E-state index contributed by atoms with van der Waals surface area (Å²) < 4.78 is 0. The highest BCUT2D eigenvalue weighted by molar-refractivity contribution is 5.35. The summed E-state index contributed by atoms with van der Waals surface area (Å²) in [6.07, 6.45) is 0. The second kappa shape index (κ2) is 5.43. The van der Waals surface area contributed by atoms with Gasteiger partial charge in [-0.1, -0.05) is 25.1 Å². The zero-order valence-electron chi connectivity index (χ0n) is 10.3. The topological polar surface area (TPSA) is 72.3 Å². The molecule has 0 heterocycles. The Labute approximate surface area is 97.5 Å². The zero-order valence-corrected chi connectivity index (χ0v) is 10.3. The van der Waals surface area contributed by atoms with Crippen molar-refractivity contribution in [3.05, 3.63) is 34.9 Å². The van der Waals surface area contributed by atoms with Gasteiger partial charge in [0.15, 0.2) is 0 Å². The van der Waals surface area contributed by atoms with Gasteiger partial charge >= 0.3 is 0 Å². The number of aliphatic hydroxyl groups is 1. The lowest BCUT2D eigenvalue weighted by molar-refractivity contribution is 0.273. The van der Waals surface area contributed by atoms with E-state index in [1.54, 1.807) is 0 Å². The van der Waals surface area contributed by atoms with Crippen LogP contribution in [0, 0.1) is 0 Å². The van der Waals surface area contributed by atoms with Gasteiger partial charge in [0.25, 0.3) is 0 Å². The maximum Gasteiger partial charge on any atom is 0.0497 e. The second-order valence-corrected chi connectivity index (χ2v) is 4.59. The van der Waals surface area contributed by atoms with Crippen molar-refractivity contribution in [2.24, 2.45) is 11.5 Å². The molecular formula is C13H22N2O. The Morgan fingerprint density at radius 2 is 1.31 bits per heavy atom. The molecule has 0 radical (unpaired) electrons. The predicted octanol–water partition coefficient (Wildman–Crippen LogP) is 1.82. The molecule has 0 saturated carbocycles. The molecule has 0 spiro atoms. The van der Waals surface area contributed by atoms with Gasteiger partial charge in [-0.25, -0.2) is 0 Å². The van der Waals surface area contributed by atoms with Crippen LogP contribution in [0.5, 0.6) is 0 Å². The maximum absolute atomic E-state index is 9.18. The fourth-order valence-corrected chi connectivity index (χ4v) is 1.62. The van der Waals surface area contributed by atoms with Crippen LogP contribution in [0.3, 0.4) is 0 Å². The standard InChI is InChI=1S/C13H22N2O/c1-8(7-16)11-4-12(9(2)14)6-13(5-11)10(3)15/h4-6,8-10,16H,7,14-15H2,1-3H3. The first kappa shape index (κ1) is 13.2. The van der Waals surface area contributed by atoms with Crippen LogP contribution >= 0.6 is 0 Å². The molecule has 1 aromatic rings. The lowest BCUT2D eigenvalue weighted by Crippen LogP contribution is -2.11. The minimum atomic E-state index is -0.0108. The van der Waals surface area contributed by atoms with Gasteiger partial charge in [0.05, 0.1) is 0 Å². The third-order valence-electron chi connectivity index (χ3n) is 2.89. The van der Waals surface area contributed by atoms with Crippen molar-refractivity contribution < 1.29 is 5.11 Å². The quantitative estimate of drug-likeness (QED) is 0.727. The molecule has 3 nitrogen and oxygen atoms in total. The lowest BCUT2D eigenvalue weighted by atomic mass is 9.93. The molecule has 3 unspecified atom stereocenters. The Kier molecular flexibility index (Phi) is 4.47. The number of hydrogen-bond acceptors (Lipinski definition) is 3. The van der Waals surface area contributed by atoms with E-state index in [9.17, 15) is 5.11 Å². The van der Waals surface area contributed by atoms with Gasteiger partial charge in [-0.3, -0.25) is 0 Å². The minimum absolute atomic E-state index is 0.0108. The molecule has 0 aliphatic heterocycles. The van der Waals surface area contributed by atoms with Crippen LogP contribution in [0.25, 0.3) is 0 Å². The number of aliphatic hydroxyl groups excluding tert-OH is 1. The van der Waals surface area contributed by atoms with E-state index < -0.39 is 0 Å². The largest absolute Gasteiger partial charge is 0.396 e.